The number of hydrogen-bond acceptors (Lipinski definition) is 4. The van der Waals surface area contributed by atoms with Crippen molar-refractivity contribution in [2.24, 2.45) is 0 Å². The number of hydrogen-bond donors (Lipinski definition) is 4. The molecule has 1 saturated heterocycles. The van der Waals surface area contributed by atoms with E-state index in [1.165, 1.54) is 0 Å². The van der Waals surface area contributed by atoms with Crippen LogP contribution < -0.4 is 21.3 Å². The molecule has 0 radical (unpaired) electrons. The fraction of sp³-hybridized carbons (Fsp3) is 0.571. The third-order valence-electron chi connectivity index (χ3n) is 5.27. The van der Waals surface area contributed by atoms with E-state index in [9.17, 15) is 14.4 Å². The van der Waals surface area contributed by atoms with Crippen LogP contribution in [0.3, 0.4) is 0 Å². The molecule has 0 aromatic heterocycles. The number of anilines is 1. The molecule has 1 aromatic carbocycles. The fourth-order valence-corrected chi connectivity index (χ4v) is 4.51. The van der Waals surface area contributed by atoms with Crippen molar-refractivity contribution in [3.8, 4) is 0 Å². The van der Waals surface area contributed by atoms with E-state index >= 15 is 0 Å². The van der Waals surface area contributed by atoms with Crippen molar-refractivity contribution in [2.75, 3.05) is 5.32 Å². The van der Waals surface area contributed by atoms with Crippen molar-refractivity contribution in [1.29, 1.82) is 0 Å². The minimum absolute atomic E-state index is 0.0549. The molecular formula is C21H30N4O3. The summed E-state index contributed by atoms with van der Waals surface area (Å²) in [4.78, 5) is 37.3. The Hall–Kier alpha value is -2.41. The molecule has 7 heteroatoms. The Kier molecular flexibility index (Phi) is 5.48. The number of para-hydroxylation sites is 1. The van der Waals surface area contributed by atoms with Gasteiger partial charge in [0.15, 0.2) is 0 Å². The molecule has 3 amide bonds. The molecule has 1 fully saturated rings. The number of carbonyl (C=O) groups is 3. The number of carbonyl (C=O) groups excluding carboxylic acids is 3. The van der Waals surface area contributed by atoms with Gasteiger partial charge in [-0.25, -0.2) is 0 Å². The van der Waals surface area contributed by atoms with Crippen LogP contribution in [0.2, 0.25) is 0 Å². The average molecular weight is 386 g/mol. The van der Waals surface area contributed by atoms with Gasteiger partial charge >= 0.3 is 0 Å². The van der Waals surface area contributed by atoms with Crippen molar-refractivity contribution in [1.82, 2.24) is 16.0 Å². The van der Waals surface area contributed by atoms with Gasteiger partial charge in [0.2, 0.25) is 11.8 Å². The van der Waals surface area contributed by atoms with Gasteiger partial charge in [-0.3, -0.25) is 14.4 Å². The second-order valence-corrected chi connectivity index (χ2v) is 9.17. The van der Waals surface area contributed by atoms with Crippen molar-refractivity contribution in [2.45, 2.75) is 76.5 Å². The van der Waals surface area contributed by atoms with Crippen molar-refractivity contribution < 1.29 is 14.4 Å². The Morgan fingerprint density at radius 3 is 2.43 bits per heavy atom. The van der Waals surface area contributed by atoms with Gasteiger partial charge in [0.1, 0.15) is 6.04 Å². The van der Waals surface area contributed by atoms with Crippen LogP contribution in [0.5, 0.6) is 0 Å². The zero-order valence-corrected chi connectivity index (χ0v) is 17.0. The third kappa shape index (κ3) is 4.90. The third-order valence-corrected chi connectivity index (χ3v) is 5.27. The molecule has 0 spiro atoms. The molecular weight excluding hydrogens is 356 g/mol. The van der Waals surface area contributed by atoms with Crippen LogP contribution in [-0.4, -0.2) is 40.9 Å². The average Bonchev–Trinajstić information content (AvgIpc) is 2.67. The maximum atomic E-state index is 12.5. The molecule has 7 nitrogen and oxygen atoms in total. The van der Waals surface area contributed by atoms with Crippen LogP contribution in [0.1, 0.15) is 63.7 Å². The lowest BCUT2D eigenvalue weighted by atomic mass is 9.79. The van der Waals surface area contributed by atoms with Crippen molar-refractivity contribution in [3.05, 3.63) is 29.8 Å². The molecule has 2 aliphatic rings. The molecule has 3 rings (SSSR count). The normalized spacial score (nSPS) is 23.8. The van der Waals surface area contributed by atoms with Gasteiger partial charge in [0.25, 0.3) is 5.91 Å². The summed E-state index contributed by atoms with van der Waals surface area (Å²) in [5, 5.41) is 12.2. The highest BCUT2D eigenvalue weighted by Crippen LogP contribution is 2.28. The van der Waals surface area contributed by atoms with Crippen LogP contribution >= 0.6 is 0 Å². The molecule has 0 saturated carbocycles. The molecule has 152 valence electrons. The van der Waals surface area contributed by atoms with E-state index in [1.54, 1.807) is 24.3 Å². The standard InChI is InChI=1S/C21H30N4O3/c1-20(2)11-13(12-21(3,4)25-20)22-17(26)10-9-16-19(28)23-15-8-6-5-7-14(15)18(27)24-16/h5-8,13,16,25H,9-12H2,1-4H3,(H,22,26)(H,23,28)(H,24,27). The van der Waals surface area contributed by atoms with Gasteiger partial charge in [0.05, 0.1) is 11.3 Å². The summed E-state index contributed by atoms with van der Waals surface area (Å²) in [6, 6.07) is 6.23. The summed E-state index contributed by atoms with van der Waals surface area (Å²) in [6.45, 7) is 8.54. The Labute approximate surface area is 166 Å². The summed E-state index contributed by atoms with van der Waals surface area (Å²) in [5.74, 6) is -0.696. The van der Waals surface area contributed by atoms with E-state index in [4.69, 9.17) is 0 Å². The highest BCUT2D eigenvalue weighted by molar-refractivity contribution is 6.09. The lowest BCUT2D eigenvalue weighted by molar-refractivity contribution is -0.123. The molecule has 0 bridgehead atoms. The molecule has 28 heavy (non-hydrogen) atoms. The number of nitrogens with one attached hydrogen (secondary N) is 4. The molecule has 0 aliphatic carbocycles. The fourth-order valence-electron chi connectivity index (χ4n) is 4.51. The predicted octanol–water partition coefficient (Wildman–Crippen LogP) is 1.94. The topological polar surface area (TPSA) is 99.3 Å². The first-order valence-electron chi connectivity index (χ1n) is 9.84. The minimum atomic E-state index is -0.730. The largest absolute Gasteiger partial charge is 0.353 e. The first-order chi connectivity index (χ1) is 13.0. The van der Waals surface area contributed by atoms with Crippen LogP contribution in [0, 0.1) is 0 Å². The first kappa shape index (κ1) is 20.3. The SMILES string of the molecule is CC1(C)CC(NC(=O)CCC2NC(=O)c3ccccc3NC2=O)CC(C)(C)N1. The molecule has 2 aliphatic heterocycles. The van der Waals surface area contributed by atoms with Crippen LogP contribution in [-0.2, 0) is 9.59 Å². The van der Waals surface area contributed by atoms with E-state index in [1.807, 2.05) is 0 Å². The number of benzene rings is 1. The second-order valence-electron chi connectivity index (χ2n) is 9.17. The van der Waals surface area contributed by atoms with Gasteiger partial charge < -0.3 is 21.3 Å². The Morgan fingerprint density at radius 2 is 1.75 bits per heavy atom. The van der Waals surface area contributed by atoms with E-state index in [-0.39, 0.29) is 47.7 Å². The maximum Gasteiger partial charge on any atom is 0.254 e. The number of rotatable bonds is 4. The van der Waals surface area contributed by atoms with E-state index < -0.39 is 6.04 Å². The van der Waals surface area contributed by atoms with Crippen LogP contribution in [0.25, 0.3) is 0 Å². The summed E-state index contributed by atoms with van der Waals surface area (Å²) in [6.07, 6.45) is 2.13. The lowest BCUT2D eigenvalue weighted by Crippen LogP contribution is -2.62. The van der Waals surface area contributed by atoms with Crippen molar-refractivity contribution in [3.63, 3.8) is 0 Å². The summed E-state index contributed by atoms with van der Waals surface area (Å²) in [5.41, 5.74) is 0.819. The Bertz CT molecular complexity index is 772. The predicted molar refractivity (Wildman–Crippen MR) is 108 cm³/mol. The monoisotopic (exact) mass is 386 g/mol. The highest BCUT2D eigenvalue weighted by atomic mass is 16.2. The van der Waals surface area contributed by atoms with E-state index in [0.717, 1.165) is 12.8 Å². The summed E-state index contributed by atoms with van der Waals surface area (Å²) < 4.78 is 0. The second kappa shape index (κ2) is 7.54. The Balaban J connectivity index is 1.56. The number of amides is 3. The van der Waals surface area contributed by atoms with Gasteiger partial charge in [-0.1, -0.05) is 12.1 Å². The number of piperidine rings is 1. The highest BCUT2D eigenvalue weighted by Gasteiger charge is 2.38. The lowest BCUT2D eigenvalue weighted by Gasteiger charge is -2.46. The summed E-state index contributed by atoms with van der Waals surface area (Å²) >= 11 is 0. The Morgan fingerprint density at radius 1 is 1.11 bits per heavy atom. The van der Waals surface area contributed by atoms with Crippen LogP contribution in [0.4, 0.5) is 5.69 Å². The quantitative estimate of drug-likeness (QED) is 0.635. The molecule has 2 heterocycles. The first-order valence-corrected chi connectivity index (χ1v) is 9.84. The maximum absolute atomic E-state index is 12.5. The van der Waals surface area contributed by atoms with Gasteiger partial charge in [-0.05, 0) is 59.1 Å². The van der Waals surface area contributed by atoms with Gasteiger partial charge in [-0.15, -0.1) is 0 Å². The van der Waals surface area contributed by atoms with Gasteiger partial charge in [-0.2, -0.15) is 0 Å². The van der Waals surface area contributed by atoms with Gasteiger partial charge in [0, 0.05) is 23.5 Å². The van der Waals surface area contributed by atoms with Crippen molar-refractivity contribution >= 4 is 23.4 Å². The molecule has 1 aromatic rings. The van der Waals surface area contributed by atoms with E-state index in [2.05, 4.69) is 49.0 Å². The van der Waals surface area contributed by atoms with E-state index in [0.29, 0.717) is 11.3 Å². The van der Waals surface area contributed by atoms with Crippen LogP contribution in [0.15, 0.2) is 24.3 Å². The zero-order valence-electron chi connectivity index (χ0n) is 17.0. The molecule has 1 unspecified atom stereocenters. The zero-order chi connectivity index (χ0) is 20.5. The molecule has 4 N–H and O–H groups in total. The summed E-state index contributed by atoms with van der Waals surface area (Å²) in [7, 11) is 0. The molecule has 1 atom stereocenters. The minimum Gasteiger partial charge on any atom is -0.353 e. The smallest absolute Gasteiger partial charge is 0.254 e. The number of fused-ring (bicyclic) bond motifs is 1.